The highest BCUT2D eigenvalue weighted by molar-refractivity contribution is 5.37. The predicted octanol–water partition coefficient (Wildman–Crippen LogP) is 4.13. The van der Waals surface area contributed by atoms with Crippen molar-refractivity contribution in [3.05, 3.63) is 64.7 Å². The van der Waals surface area contributed by atoms with Crippen LogP contribution in [-0.2, 0) is 6.61 Å². The fourth-order valence-electron chi connectivity index (χ4n) is 2.12. The summed E-state index contributed by atoms with van der Waals surface area (Å²) in [7, 11) is 1.84. The molecule has 0 radical (unpaired) electrons. The van der Waals surface area contributed by atoms with Crippen molar-refractivity contribution in [3.63, 3.8) is 0 Å². The summed E-state index contributed by atoms with van der Waals surface area (Å²) in [6, 6.07) is 9.10. The molecule has 0 saturated carbocycles. The fraction of sp³-hybridized carbons (Fsp3) is 0.294. The lowest BCUT2D eigenvalue weighted by atomic mass is 10.1. The average molecular weight is 291 g/mol. The number of benzene rings is 2. The Hall–Kier alpha value is -1.94. The molecule has 2 rings (SSSR count). The summed E-state index contributed by atoms with van der Waals surface area (Å²) >= 11 is 0. The summed E-state index contributed by atoms with van der Waals surface area (Å²) in [5, 5.41) is 3.11. The van der Waals surface area contributed by atoms with Crippen molar-refractivity contribution in [1.82, 2.24) is 5.32 Å². The number of halogens is 2. The molecule has 2 aromatic carbocycles. The molecule has 0 saturated heterocycles. The van der Waals surface area contributed by atoms with Gasteiger partial charge in [0.2, 0.25) is 0 Å². The molecule has 1 atom stereocenters. The zero-order chi connectivity index (χ0) is 15.4. The van der Waals surface area contributed by atoms with E-state index in [1.54, 1.807) is 12.1 Å². The third kappa shape index (κ3) is 3.79. The van der Waals surface area contributed by atoms with Crippen molar-refractivity contribution >= 4 is 0 Å². The van der Waals surface area contributed by atoms with Gasteiger partial charge in [-0.25, -0.2) is 8.78 Å². The molecule has 0 aliphatic heterocycles. The van der Waals surface area contributed by atoms with Crippen LogP contribution in [0.15, 0.2) is 36.4 Å². The Labute approximate surface area is 123 Å². The van der Waals surface area contributed by atoms with Gasteiger partial charge in [-0.2, -0.15) is 0 Å². The number of rotatable bonds is 5. The summed E-state index contributed by atoms with van der Waals surface area (Å²) in [6.07, 6.45) is 0. The second kappa shape index (κ2) is 6.68. The molecule has 2 nitrogen and oxygen atoms in total. The van der Waals surface area contributed by atoms with E-state index in [9.17, 15) is 8.78 Å². The number of aryl methyl sites for hydroxylation is 1. The summed E-state index contributed by atoms with van der Waals surface area (Å²) < 4.78 is 32.2. The first-order valence-corrected chi connectivity index (χ1v) is 6.86. The van der Waals surface area contributed by atoms with E-state index >= 15 is 0 Å². The highest BCUT2D eigenvalue weighted by Crippen LogP contribution is 2.27. The number of hydrogen-bond acceptors (Lipinski definition) is 2. The van der Waals surface area contributed by atoms with Gasteiger partial charge in [-0.05, 0) is 50.2 Å². The van der Waals surface area contributed by atoms with Crippen LogP contribution in [0.4, 0.5) is 8.78 Å². The fourth-order valence-corrected chi connectivity index (χ4v) is 2.12. The van der Waals surface area contributed by atoms with Crippen molar-refractivity contribution in [2.75, 3.05) is 7.05 Å². The van der Waals surface area contributed by atoms with Gasteiger partial charge in [-0.15, -0.1) is 0 Å². The molecule has 0 heterocycles. The monoisotopic (exact) mass is 291 g/mol. The molecular weight excluding hydrogens is 272 g/mol. The molecule has 0 aliphatic rings. The molecule has 21 heavy (non-hydrogen) atoms. The molecular formula is C17H19F2NO. The van der Waals surface area contributed by atoms with E-state index < -0.39 is 0 Å². The maximum absolute atomic E-state index is 13.4. The molecule has 0 fully saturated rings. The van der Waals surface area contributed by atoms with Gasteiger partial charge in [0.25, 0.3) is 0 Å². The Bertz CT molecular complexity index is 628. The van der Waals surface area contributed by atoms with E-state index in [2.05, 4.69) is 5.32 Å². The van der Waals surface area contributed by atoms with Crippen molar-refractivity contribution in [3.8, 4) is 5.75 Å². The summed E-state index contributed by atoms with van der Waals surface area (Å²) in [5.74, 6) is -0.111. The first-order valence-electron chi connectivity index (χ1n) is 6.86. The van der Waals surface area contributed by atoms with E-state index in [1.165, 1.54) is 24.3 Å². The second-order valence-electron chi connectivity index (χ2n) is 5.05. The van der Waals surface area contributed by atoms with Crippen LogP contribution < -0.4 is 10.1 Å². The molecule has 1 N–H and O–H groups in total. The second-order valence-corrected chi connectivity index (χ2v) is 5.05. The zero-order valence-electron chi connectivity index (χ0n) is 12.4. The molecule has 0 amide bonds. The van der Waals surface area contributed by atoms with Gasteiger partial charge in [-0.1, -0.05) is 12.1 Å². The summed E-state index contributed by atoms with van der Waals surface area (Å²) in [4.78, 5) is 0. The van der Waals surface area contributed by atoms with Crippen LogP contribution in [0, 0.1) is 18.6 Å². The van der Waals surface area contributed by atoms with Gasteiger partial charge in [-0.3, -0.25) is 0 Å². The normalized spacial score (nSPS) is 12.2. The van der Waals surface area contributed by atoms with Gasteiger partial charge in [0, 0.05) is 17.7 Å². The largest absolute Gasteiger partial charge is 0.488 e. The lowest BCUT2D eigenvalue weighted by molar-refractivity contribution is 0.297. The molecule has 4 heteroatoms. The highest BCUT2D eigenvalue weighted by Gasteiger charge is 2.12. The lowest BCUT2D eigenvalue weighted by Gasteiger charge is -2.17. The zero-order valence-corrected chi connectivity index (χ0v) is 12.4. The van der Waals surface area contributed by atoms with Crippen LogP contribution in [0.2, 0.25) is 0 Å². The Morgan fingerprint density at radius 2 is 1.76 bits per heavy atom. The molecule has 0 aromatic heterocycles. The maximum Gasteiger partial charge on any atom is 0.127 e. The van der Waals surface area contributed by atoms with Crippen molar-refractivity contribution < 1.29 is 13.5 Å². The molecule has 1 unspecified atom stereocenters. The molecule has 0 bridgehead atoms. The Morgan fingerprint density at radius 3 is 2.43 bits per heavy atom. The quantitative estimate of drug-likeness (QED) is 0.894. The molecule has 0 aliphatic carbocycles. The first kappa shape index (κ1) is 15.4. The van der Waals surface area contributed by atoms with Crippen LogP contribution in [0.25, 0.3) is 0 Å². The van der Waals surface area contributed by atoms with E-state index in [0.29, 0.717) is 5.75 Å². The third-order valence-electron chi connectivity index (χ3n) is 3.56. The standard InChI is InChI=1S/C17H19F2NO/c1-11-8-14(18)5-4-13(11)10-21-17-9-15(19)6-7-16(17)12(2)20-3/h4-9,12,20H,10H2,1-3H3. The van der Waals surface area contributed by atoms with E-state index in [1.807, 2.05) is 20.9 Å². The minimum Gasteiger partial charge on any atom is -0.488 e. The number of nitrogens with one attached hydrogen (secondary N) is 1. The molecule has 112 valence electrons. The van der Waals surface area contributed by atoms with E-state index in [0.717, 1.165) is 16.7 Å². The molecule has 2 aromatic rings. The summed E-state index contributed by atoms with van der Waals surface area (Å²) in [5.41, 5.74) is 2.58. The maximum atomic E-state index is 13.4. The smallest absolute Gasteiger partial charge is 0.127 e. The van der Waals surface area contributed by atoms with Gasteiger partial charge in [0.1, 0.15) is 24.0 Å². The number of hydrogen-bond donors (Lipinski definition) is 1. The van der Waals surface area contributed by atoms with Gasteiger partial charge in [0.05, 0.1) is 0 Å². The predicted molar refractivity (Wildman–Crippen MR) is 79.3 cm³/mol. The third-order valence-corrected chi connectivity index (χ3v) is 3.56. The Kier molecular flexibility index (Phi) is 4.91. The van der Waals surface area contributed by atoms with Crippen molar-refractivity contribution in [2.45, 2.75) is 26.5 Å². The van der Waals surface area contributed by atoms with Crippen LogP contribution in [-0.4, -0.2) is 7.05 Å². The summed E-state index contributed by atoms with van der Waals surface area (Å²) in [6.45, 7) is 4.08. The van der Waals surface area contributed by atoms with Crippen LogP contribution >= 0.6 is 0 Å². The van der Waals surface area contributed by atoms with Crippen molar-refractivity contribution in [2.24, 2.45) is 0 Å². The van der Waals surface area contributed by atoms with Crippen LogP contribution in [0.3, 0.4) is 0 Å². The minimum absolute atomic E-state index is 0.0508. The Morgan fingerprint density at radius 1 is 1.10 bits per heavy atom. The Balaban J connectivity index is 2.21. The lowest BCUT2D eigenvalue weighted by Crippen LogP contribution is -2.14. The minimum atomic E-state index is -0.340. The topological polar surface area (TPSA) is 21.3 Å². The number of ether oxygens (including phenoxy) is 1. The SMILES string of the molecule is CNC(C)c1ccc(F)cc1OCc1ccc(F)cc1C. The molecule has 0 spiro atoms. The van der Waals surface area contributed by atoms with Crippen LogP contribution in [0.1, 0.15) is 29.7 Å². The first-order chi connectivity index (χ1) is 10.0. The van der Waals surface area contributed by atoms with Gasteiger partial charge in [0.15, 0.2) is 0 Å². The van der Waals surface area contributed by atoms with E-state index in [4.69, 9.17) is 4.74 Å². The van der Waals surface area contributed by atoms with Crippen molar-refractivity contribution in [1.29, 1.82) is 0 Å². The van der Waals surface area contributed by atoms with Gasteiger partial charge >= 0.3 is 0 Å². The highest BCUT2D eigenvalue weighted by atomic mass is 19.1. The average Bonchev–Trinajstić information content (AvgIpc) is 2.45. The van der Waals surface area contributed by atoms with E-state index in [-0.39, 0.29) is 24.3 Å². The van der Waals surface area contributed by atoms with Crippen LogP contribution in [0.5, 0.6) is 5.75 Å². The van der Waals surface area contributed by atoms with Gasteiger partial charge < -0.3 is 10.1 Å².